The fourth-order valence-electron chi connectivity index (χ4n) is 3.54. The van der Waals surface area contributed by atoms with E-state index in [4.69, 9.17) is 4.74 Å². The van der Waals surface area contributed by atoms with Gasteiger partial charge in [-0.15, -0.1) is 0 Å². The van der Waals surface area contributed by atoms with Crippen molar-refractivity contribution in [3.63, 3.8) is 0 Å². The van der Waals surface area contributed by atoms with Gasteiger partial charge in [0.15, 0.2) is 0 Å². The van der Waals surface area contributed by atoms with Crippen LogP contribution < -0.4 is 0 Å². The lowest BCUT2D eigenvalue weighted by Crippen LogP contribution is -2.51. The average Bonchev–Trinajstić information content (AvgIpc) is 2.53. The number of hydrogen-bond acceptors (Lipinski definition) is 4. The van der Waals surface area contributed by atoms with Crippen molar-refractivity contribution in [1.29, 1.82) is 0 Å². The molecule has 1 aromatic heterocycles. The minimum absolute atomic E-state index is 0.189. The molecule has 1 fully saturated rings. The molecule has 5 nitrogen and oxygen atoms in total. The Labute approximate surface area is 138 Å². The quantitative estimate of drug-likeness (QED) is 0.799. The first kappa shape index (κ1) is 16.2. The molecule has 1 unspecified atom stereocenters. The SMILES string of the molecule is CC(C)(C)OC(=O)N1CCN(C2CCCc3cnccc32)CC1. The number of aryl methyl sites for hydroxylation is 1. The summed E-state index contributed by atoms with van der Waals surface area (Å²) >= 11 is 0. The molecule has 1 aromatic rings. The number of pyridine rings is 1. The van der Waals surface area contributed by atoms with E-state index in [9.17, 15) is 4.79 Å². The summed E-state index contributed by atoms with van der Waals surface area (Å²) in [5, 5.41) is 0. The Balaban J connectivity index is 1.61. The van der Waals surface area contributed by atoms with E-state index in [1.165, 1.54) is 24.0 Å². The van der Waals surface area contributed by atoms with Crippen molar-refractivity contribution in [2.24, 2.45) is 0 Å². The van der Waals surface area contributed by atoms with Crippen LogP contribution in [0.1, 0.15) is 50.8 Å². The molecular formula is C18H27N3O2. The zero-order valence-corrected chi connectivity index (χ0v) is 14.4. The van der Waals surface area contributed by atoms with Crippen LogP contribution in [0.25, 0.3) is 0 Å². The molecule has 0 radical (unpaired) electrons. The fraction of sp³-hybridized carbons (Fsp3) is 0.667. The van der Waals surface area contributed by atoms with Gasteiger partial charge in [-0.3, -0.25) is 9.88 Å². The summed E-state index contributed by atoms with van der Waals surface area (Å²) in [5.74, 6) is 0. The minimum Gasteiger partial charge on any atom is -0.444 e. The normalized spacial score (nSPS) is 22.6. The van der Waals surface area contributed by atoms with Crippen LogP contribution in [0.4, 0.5) is 4.79 Å². The number of ether oxygens (including phenoxy) is 1. The van der Waals surface area contributed by atoms with E-state index in [1.54, 1.807) is 0 Å². The molecule has 23 heavy (non-hydrogen) atoms. The minimum atomic E-state index is -0.427. The molecular weight excluding hydrogens is 290 g/mol. The summed E-state index contributed by atoms with van der Waals surface area (Å²) in [6, 6.07) is 2.64. The molecule has 3 rings (SSSR count). The van der Waals surface area contributed by atoms with Crippen molar-refractivity contribution in [3.05, 3.63) is 29.6 Å². The van der Waals surface area contributed by atoms with Crippen molar-refractivity contribution in [2.75, 3.05) is 26.2 Å². The molecule has 1 amide bonds. The lowest BCUT2D eigenvalue weighted by atomic mass is 9.88. The number of piperazine rings is 1. The maximum Gasteiger partial charge on any atom is 0.410 e. The second-order valence-electron chi connectivity index (χ2n) is 7.49. The highest BCUT2D eigenvalue weighted by Crippen LogP contribution is 2.34. The van der Waals surface area contributed by atoms with Crippen LogP contribution in [0.5, 0.6) is 0 Å². The predicted molar refractivity (Wildman–Crippen MR) is 89.3 cm³/mol. The van der Waals surface area contributed by atoms with Gasteiger partial charge in [0.2, 0.25) is 0 Å². The molecule has 0 aromatic carbocycles. The van der Waals surface area contributed by atoms with Gasteiger partial charge in [0.05, 0.1) is 0 Å². The van der Waals surface area contributed by atoms with E-state index < -0.39 is 5.60 Å². The second kappa shape index (κ2) is 6.48. The van der Waals surface area contributed by atoms with Gasteiger partial charge >= 0.3 is 6.09 Å². The first-order valence-electron chi connectivity index (χ1n) is 8.59. The van der Waals surface area contributed by atoms with Crippen LogP contribution in [-0.4, -0.2) is 52.7 Å². The van der Waals surface area contributed by atoms with Crippen molar-refractivity contribution in [1.82, 2.24) is 14.8 Å². The van der Waals surface area contributed by atoms with Gasteiger partial charge in [0, 0.05) is 44.6 Å². The predicted octanol–water partition coefficient (Wildman–Crippen LogP) is 3.01. The van der Waals surface area contributed by atoms with E-state index in [2.05, 4.69) is 16.0 Å². The summed E-state index contributed by atoms with van der Waals surface area (Å²) in [5.41, 5.74) is 2.39. The lowest BCUT2D eigenvalue weighted by molar-refractivity contribution is 0.00926. The van der Waals surface area contributed by atoms with Gasteiger partial charge in [-0.05, 0) is 57.2 Å². The van der Waals surface area contributed by atoms with Crippen LogP contribution in [0.3, 0.4) is 0 Å². The van der Waals surface area contributed by atoms with E-state index in [0.717, 1.165) is 32.6 Å². The monoisotopic (exact) mass is 317 g/mol. The Kier molecular flexibility index (Phi) is 4.57. The number of carbonyl (C=O) groups is 1. The number of hydrogen-bond donors (Lipinski definition) is 0. The first-order valence-corrected chi connectivity index (χ1v) is 8.59. The Morgan fingerprint density at radius 2 is 2.00 bits per heavy atom. The molecule has 126 valence electrons. The van der Waals surface area contributed by atoms with Crippen molar-refractivity contribution < 1.29 is 9.53 Å². The van der Waals surface area contributed by atoms with Crippen LogP contribution in [-0.2, 0) is 11.2 Å². The Morgan fingerprint density at radius 1 is 1.26 bits per heavy atom. The zero-order chi connectivity index (χ0) is 16.4. The summed E-state index contributed by atoms with van der Waals surface area (Å²) in [4.78, 5) is 20.8. The molecule has 5 heteroatoms. The third-order valence-corrected chi connectivity index (χ3v) is 4.63. The van der Waals surface area contributed by atoms with Gasteiger partial charge in [-0.25, -0.2) is 4.79 Å². The average molecular weight is 317 g/mol. The molecule has 1 saturated heterocycles. The van der Waals surface area contributed by atoms with Crippen molar-refractivity contribution in [3.8, 4) is 0 Å². The molecule has 2 aliphatic rings. The molecule has 0 bridgehead atoms. The van der Waals surface area contributed by atoms with Gasteiger partial charge in [-0.2, -0.15) is 0 Å². The molecule has 0 N–H and O–H groups in total. The highest BCUT2D eigenvalue weighted by atomic mass is 16.6. The van der Waals surface area contributed by atoms with Gasteiger partial charge < -0.3 is 9.64 Å². The maximum atomic E-state index is 12.2. The Hall–Kier alpha value is -1.62. The molecule has 1 aliphatic carbocycles. The van der Waals surface area contributed by atoms with Crippen molar-refractivity contribution >= 4 is 6.09 Å². The highest BCUT2D eigenvalue weighted by molar-refractivity contribution is 5.68. The summed E-state index contributed by atoms with van der Waals surface area (Å²) in [6.07, 6.45) is 7.27. The number of fused-ring (bicyclic) bond motifs is 1. The summed E-state index contributed by atoms with van der Waals surface area (Å²) < 4.78 is 5.47. The van der Waals surface area contributed by atoms with E-state index in [0.29, 0.717) is 6.04 Å². The highest BCUT2D eigenvalue weighted by Gasteiger charge is 2.31. The second-order valence-corrected chi connectivity index (χ2v) is 7.49. The molecule has 1 aliphatic heterocycles. The van der Waals surface area contributed by atoms with Gasteiger partial charge in [0.25, 0.3) is 0 Å². The zero-order valence-electron chi connectivity index (χ0n) is 14.4. The van der Waals surface area contributed by atoms with Crippen LogP contribution in [0.15, 0.2) is 18.5 Å². The molecule has 0 saturated carbocycles. The number of rotatable bonds is 1. The topological polar surface area (TPSA) is 45.7 Å². The number of aromatic nitrogens is 1. The van der Waals surface area contributed by atoms with Crippen LogP contribution >= 0.6 is 0 Å². The number of nitrogens with zero attached hydrogens (tertiary/aromatic N) is 3. The third-order valence-electron chi connectivity index (χ3n) is 4.63. The Morgan fingerprint density at radius 3 is 2.70 bits per heavy atom. The van der Waals surface area contributed by atoms with Gasteiger partial charge in [0.1, 0.15) is 5.60 Å². The van der Waals surface area contributed by atoms with E-state index in [-0.39, 0.29) is 6.09 Å². The molecule has 0 spiro atoms. The third kappa shape index (κ3) is 3.83. The molecule has 1 atom stereocenters. The summed E-state index contributed by atoms with van der Waals surface area (Å²) in [7, 11) is 0. The van der Waals surface area contributed by atoms with Crippen LogP contribution in [0, 0.1) is 0 Å². The maximum absolute atomic E-state index is 12.2. The molecule has 2 heterocycles. The number of amides is 1. The Bertz CT molecular complexity index is 560. The fourth-order valence-corrected chi connectivity index (χ4v) is 3.54. The standard InChI is InChI=1S/C18H27N3O2/c1-18(2,3)23-17(22)21-11-9-20(10-12-21)16-6-4-5-14-13-19-8-7-15(14)16/h7-8,13,16H,4-6,9-12H2,1-3H3. The van der Waals surface area contributed by atoms with Gasteiger partial charge in [-0.1, -0.05) is 0 Å². The first-order chi connectivity index (χ1) is 10.9. The summed E-state index contributed by atoms with van der Waals surface area (Å²) in [6.45, 7) is 9.03. The largest absolute Gasteiger partial charge is 0.444 e. The van der Waals surface area contributed by atoms with E-state index in [1.807, 2.05) is 38.1 Å². The van der Waals surface area contributed by atoms with E-state index >= 15 is 0 Å². The van der Waals surface area contributed by atoms with Crippen LogP contribution in [0.2, 0.25) is 0 Å². The smallest absolute Gasteiger partial charge is 0.410 e. The lowest BCUT2D eigenvalue weighted by Gasteiger charge is -2.41. The van der Waals surface area contributed by atoms with Crippen molar-refractivity contribution in [2.45, 2.75) is 51.7 Å². The number of carbonyl (C=O) groups excluding carboxylic acids is 1.